The molecule has 0 aliphatic heterocycles. The van der Waals surface area contributed by atoms with E-state index in [0.29, 0.717) is 17.1 Å². The number of aromatic nitrogens is 5. The third-order valence-electron chi connectivity index (χ3n) is 10.5. The van der Waals surface area contributed by atoms with E-state index in [1.807, 2.05) is 91.0 Å². The second-order valence-electron chi connectivity index (χ2n) is 14.6. The van der Waals surface area contributed by atoms with Gasteiger partial charge in [-0.05, 0) is 24.5 Å². The largest absolute Gasteiger partial charge is 0.490 e. The van der Waals surface area contributed by atoms with Gasteiger partial charge in [-0.3, -0.25) is 9.59 Å². The molecule has 6 aromatic rings. The van der Waals surface area contributed by atoms with Crippen LogP contribution in [-0.2, 0) is 14.3 Å². The van der Waals surface area contributed by atoms with Gasteiger partial charge in [-0.25, -0.2) is 24.5 Å². The molecule has 328 valence electrons. The van der Waals surface area contributed by atoms with Gasteiger partial charge in [0, 0.05) is 37.5 Å². The summed E-state index contributed by atoms with van der Waals surface area (Å²) in [6.45, 7) is 3.35. The Bertz CT molecular complexity index is 2520. The van der Waals surface area contributed by atoms with Gasteiger partial charge >= 0.3 is 18.2 Å². The number of carbonyl (C=O) groups is 4. The standard InChI is InChI=1S/C43H43F3N10O7/c1-3-31(57)51-29-21-30(35(58)36(29)62-41(60)43(44,45)46)56-23-50-34-37(49-22-28(25-13-7-4-8-14-25)26-15-9-5-10-16-26)53-38(54-39(34)56)40(59)47-19-20-48-42(61)52-32-24(2)63-55-33(32)27-17-11-6-12-18-27/h4-18,23,28-30,35-36,58H,3,19-22H2,1-2H3,(H,47,59)(H,51,57)(H2,48,52,61)(H,49,53,54)/t29-,30+,35-,36+/m0/s1. The Kier molecular flexibility index (Phi) is 13.3. The molecule has 3 heterocycles. The number of hydrogen-bond acceptors (Lipinski definition) is 12. The van der Waals surface area contributed by atoms with Crippen LogP contribution in [0.4, 0.5) is 29.5 Å². The number of aryl methyl sites for hydroxylation is 1. The number of urea groups is 1. The van der Waals surface area contributed by atoms with Gasteiger partial charge in [-0.15, -0.1) is 0 Å². The molecule has 3 aromatic heterocycles. The summed E-state index contributed by atoms with van der Waals surface area (Å²) in [7, 11) is 0. The molecular formula is C43H43F3N10O7. The van der Waals surface area contributed by atoms with Crippen LogP contribution in [0, 0.1) is 6.92 Å². The van der Waals surface area contributed by atoms with E-state index in [4.69, 9.17) is 9.26 Å². The average Bonchev–Trinajstić information content (AvgIpc) is 3.97. The van der Waals surface area contributed by atoms with Crippen LogP contribution in [0.5, 0.6) is 0 Å². The monoisotopic (exact) mass is 868 g/mol. The number of aliphatic hydroxyl groups is 1. The fourth-order valence-corrected chi connectivity index (χ4v) is 7.34. The summed E-state index contributed by atoms with van der Waals surface area (Å²) < 4.78 is 51.4. The molecule has 1 saturated carbocycles. The van der Waals surface area contributed by atoms with Crippen molar-refractivity contribution in [1.29, 1.82) is 0 Å². The van der Waals surface area contributed by atoms with Crippen molar-refractivity contribution in [3.05, 3.63) is 120 Å². The number of nitrogens with one attached hydrogen (secondary N) is 5. The highest BCUT2D eigenvalue weighted by molar-refractivity contribution is 5.95. The van der Waals surface area contributed by atoms with Gasteiger partial charge < -0.3 is 45.5 Å². The lowest BCUT2D eigenvalue weighted by Gasteiger charge is -2.24. The van der Waals surface area contributed by atoms with Crippen LogP contribution >= 0.6 is 0 Å². The van der Waals surface area contributed by atoms with Crippen molar-refractivity contribution >= 4 is 46.5 Å². The van der Waals surface area contributed by atoms with Crippen LogP contribution < -0.4 is 26.6 Å². The minimum absolute atomic E-state index is 0.0110. The Labute approximate surface area is 357 Å². The van der Waals surface area contributed by atoms with E-state index in [1.165, 1.54) is 17.8 Å². The number of nitrogens with zero attached hydrogens (tertiary/aromatic N) is 5. The summed E-state index contributed by atoms with van der Waals surface area (Å²) in [6, 6.07) is 25.5. The molecule has 0 bridgehead atoms. The van der Waals surface area contributed by atoms with Crippen LogP contribution in [0.25, 0.3) is 22.4 Å². The van der Waals surface area contributed by atoms with Crippen LogP contribution in [-0.4, -0.2) is 97.7 Å². The number of amides is 4. The maximum Gasteiger partial charge on any atom is 0.490 e. The number of aliphatic hydroxyl groups excluding tert-OH is 1. The molecule has 1 aliphatic carbocycles. The zero-order chi connectivity index (χ0) is 44.7. The van der Waals surface area contributed by atoms with Crippen molar-refractivity contribution in [1.82, 2.24) is 40.6 Å². The van der Waals surface area contributed by atoms with Gasteiger partial charge in [0.2, 0.25) is 11.7 Å². The van der Waals surface area contributed by atoms with E-state index < -0.39 is 54.3 Å². The number of imidazole rings is 1. The zero-order valence-corrected chi connectivity index (χ0v) is 33.9. The molecule has 1 fully saturated rings. The van der Waals surface area contributed by atoms with Crippen molar-refractivity contribution < 1.29 is 46.7 Å². The third kappa shape index (κ3) is 10.1. The SMILES string of the molecule is CCC(=O)N[C@H]1C[C@@H](n2cnc3c(NCC(c4ccccc4)c4ccccc4)nc(C(=O)NCCNC(=O)Nc4c(-c5ccccc5)noc4C)nc32)[C@H](O)[C@@H]1OC(=O)C(F)(F)F. The summed E-state index contributed by atoms with van der Waals surface area (Å²) >= 11 is 0. The molecule has 4 amide bonds. The van der Waals surface area contributed by atoms with Gasteiger partial charge in [0.1, 0.15) is 23.0 Å². The first-order chi connectivity index (χ1) is 30.3. The summed E-state index contributed by atoms with van der Waals surface area (Å²) in [5.74, 6) is -3.87. The van der Waals surface area contributed by atoms with Crippen molar-refractivity contribution in [2.75, 3.05) is 30.3 Å². The molecule has 63 heavy (non-hydrogen) atoms. The van der Waals surface area contributed by atoms with Crippen LogP contribution in [0.3, 0.4) is 0 Å². The van der Waals surface area contributed by atoms with Crippen LogP contribution in [0.1, 0.15) is 59.2 Å². The number of benzene rings is 3. The fraction of sp³-hybridized carbons (Fsp3) is 0.302. The number of esters is 1. The minimum atomic E-state index is -5.37. The Hall–Kier alpha value is -7.35. The lowest BCUT2D eigenvalue weighted by atomic mass is 9.91. The number of hydrogen-bond donors (Lipinski definition) is 6. The average molecular weight is 869 g/mol. The number of carbonyl (C=O) groups excluding carboxylic acids is 4. The van der Waals surface area contributed by atoms with Gasteiger partial charge in [-0.2, -0.15) is 13.2 Å². The maximum absolute atomic E-state index is 13.8. The first-order valence-electron chi connectivity index (χ1n) is 20.0. The molecule has 3 aromatic carbocycles. The Morgan fingerprint density at radius 1 is 0.921 bits per heavy atom. The molecule has 4 atom stereocenters. The summed E-state index contributed by atoms with van der Waals surface area (Å²) in [6.07, 6.45) is -7.88. The normalized spacial score (nSPS) is 17.3. The quantitative estimate of drug-likeness (QED) is 0.0574. The number of anilines is 2. The van der Waals surface area contributed by atoms with E-state index in [1.54, 1.807) is 6.92 Å². The maximum atomic E-state index is 13.8. The lowest BCUT2D eigenvalue weighted by Crippen LogP contribution is -2.47. The van der Waals surface area contributed by atoms with Crippen molar-refractivity contribution in [3.63, 3.8) is 0 Å². The first kappa shape index (κ1) is 43.7. The summed E-state index contributed by atoms with van der Waals surface area (Å²) in [5, 5.41) is 29.5. The molecule has 0 spiro atoms. The van der Waals surface area contributed by atoms with Gasteiger partial charge in [-0.1, -0.05) is 103 Å². The highest BCUT2D eigenvalue weighted by Gasteiger charge is 2.51. The number of rotatable bonds is 15. The zero-order valence-electron chi connectivity index (χ0n) is 33.9. The van der Waals surface area contributed by atoms with Gasteiger partial charge in [0.05, 0.1) is 18.4 Å². The van der Waals surface area contributed by atoms with Crippen molar-refractivity contribution in [2.24, 2.45) is 0 Å². The van der Waals surface area contributed by atoms with E-state index in [2.05, 4.69) is 46.7 Å². The van der Waals surface area contributed by atoms with Gasteiger partial charge in [0.25, 0.3) is 5.91 Å². The highest BCUT2D eigenvalue weighted by atomic mass is 19.4. The smallest absolute Gasteiger partial charge is 0.451 e. The van der Waals surface area contributed by atoms with E-state index in [9.17, 15) is 37.5 Å². The van der Waals surface area contributed by atoms with Crippen molar-refractivity contribution in [3.8, 4) is 11.3 Å². The number of fused-ring (bicyclic) bond motifs is 1. The molecule has 20 heteroatoms. The second kappa shape index (κ2) is 19.1. The van der Waals surface area contributed by atoms with Gasteiger partial charge in [0.15, 0.2) is 23.3 Å². The third-order valence-corrected chi connectivity index (χ3v) is 10.5. The molecule has 6 N–H and O–H groups in total. The predicted molar refractivity (Wildman–Crippen MR) is 222 cm³/mol. The van der Waals surface area contributed by atoms with E-state index in [0.717, 1.165) is 16.7 Å². The predicted octanol–water partition coefficient (Wildman–Crippen LogP) is 5.26. The van der Waals surface area contributed by atoms with E-state index in [-0.39, 0.29) is 61.2 Å². The summed E-state index contributed by atoms with van der Waals surface area (Å²) in [5.41, 5.74) is 3.67. The highest BCUT2D eigenvalue weighted by Crippen LogP contribution is 2.37. The first-order valence-corrected chi connectivity index (χ1v) is 20.0. The Balaban J connectivity index is 1.14. The number of alkyl halides is 3. The molecule has 1 aliphatic rings. The molecule has 17 nitrogen and oxygen atoms in total. The molecule has 0 unspecified atom stereocenters. The molecule has 0 radical (unpaired) electrons. The van der Waals surface area contributed by atoms with Crippen LogP contribution in [0.2, 0.25) is 0 Å². The van der Waals surface area contributed by atoms with Crippen molar-refractivity contribution in [2.45, 2.75) is 63.1 Å². The number of halogens is 3. The molecule has 7 rings (SSSR count). The topological polar surface area (TPSA) is 228 Å². The lowest BCUT2D eigenvalue weighted by molar-refractivity contribution is -0.209. The van der Waals surface area contributed by atoms with Crippen LogP contribution in [0.15, 0.2) is 102 Å². The second-order valence-corrected chi connectivity index (χ2v) is 14.6. The Morgan fingerprint density at radius 3 is 2.19 bits per heavy atom. The number of ether oxygens (including phenoxy) is 1. The van der Waals surface area contributed by atoms with E-state index >= 15 is 0 Å². The Morgan fingerprint density at radius 2 is 1.56 bits per heavy atom. The molecule has 0 saturated heterocycles. The minimum Gasteiger partial charge on any atom is -0.451 e. The fourth-order valence-electron chi connectivity index (χ4n) is 7.34. The summed E-state index contributed by atoms with van der Waals surface area (Å²) in [4.78, 5) is 64.6. The molecular weight excluding hydrogens is 826 g/mol.